The molecular formula is C18H13N3. The third-order valence-electron chi connectivity index (χ3n) is 3.72. The zero-order valence-electron chi connectivity index (χ0n) is 11.7. The quantitative estimate of drug-likeness (QED) is 0.736. The molecule has 3 heteroatoms. The zero-order chi connectivity index (χ0) is 14.8. The molecule has 0 N–H and O–H groups in total. The smallest absolute Gasteiger partial charge is 0.138 e. The van der Waals surface area contributed by atoms with Gasteiger partial charge in [-0.05, 0) is 19.1 Å². The average Bonchev–Trinajstić information content (AvgIpc) is 2.55. The molecule has 2 aromatic carbocycles. The van der Waals surface area contributed by atoms with Crippen molar-refractivity contribution in [2.75, 3.05) is 11.4 Å². The third kappa shape index (κ3) is 1.88. The molecule has 21 heavy (non-hydrogen) atoms. The number of fused-ring (bicyclic) bond motifs is 2. The normalized spacial score (nSPS) is 12.0. The molecule has 0 unspecified atom stereocenters. The molecule has 1 aliphatic rings. The minimum Gasteiger partial charge on any atom is -0.341 e. The number of allylic oxidation sites excluding steroid dienone is 1. The van der Waals surface area contributed by atoms with Crippen molar-refractivity contribution in [3.05, 3.63) is 65.2 Å². The Labute approximate surface area is 124 Å². The highest BCUT2D eigenvalue weighted by Crippen LogP contribution is 2.45. The van der Waals surface area contributed by atoms with Gasteiger partial charge in [-0.25, -0.2) is 0 Å². The van der Waals surface area contributed by atoms with E-state index < -0.39 is 0 Å². The molecule has 0 atom stereocenters. The summed E-state index contributed by atoms with van der Waals surface area (Å²) < 4.78 is 0. The Bertz CT molecular complexity index is 753. The number of hydrogen-bond acceptors (Lipinski definition) is 3. The molecule has 1 aliphatic heterocycles. The molecule has 2 aromatic rings. The Morgan fingerprint density at radius 3 is 1.81 bits per heavy atom. The van der Waals surface area contributed by atoms with Gasteiger partial charge in [-0.2, -0.15) is 10.5 Å². The number of para-hydroxylation sites is 2. The number of hydrogen-bond donors (Lipinski definition) is 0. The predicted molar refractivity (Wildman–Crippen MR) is 82.8 cm³/mol. The SMILES string of the molecule is CCN1c2ccccc2C(=C(C#N)C#N)c2ccccc21. The summed E-state index contributed by atoms with van der Waals surface area (Å²) in [7, 11) is 0. The van der Waals surface area contributed by atoms with E-state index in [2.05, 4.69) is 11.8 Å². The predicted octanol–water partition coefficient (Wildman–Crippen LogP) is 4.01. The van der Waals surface area contributed by atoms with Crippen LogP contribution in [0.2, 0.25) is 0 Å². The zero-order valence-corrected chi connectivity index (χ0v) is 11.7. The van der Waals surface area contributed by atoms with Crippen molar-refractivity contribution in [3.63, 3.8) is 0 Å². The maximum Gasteiger partial charge on any atom is 0.138 e. The summed E-state index contributed by atoms with van der Waals surface area (Å²) in [5.74, 6) is 0. The summed E-state index contributed by atoms with van der Waals surface area (Å²) in [6.45, 7) is 2.92. The summed E-state index contributed by atoms with van der Waals surface area (Å²) in [4.78, 5) is 2.21. The Hall–Kier alpha value is -3.04. The van der Waals surface area contributed by atoms with Crippen molar-refractivity contribution >= 4 is 16.9 Å². The van der Waals surface area contributed by atoms with Crippen LogP contribution in [-0.2, 0) is 0 Å². The first-order valence-electron chi connectivity index (χ1n) is 6.82. The fraction of sp³-hybridized carbons (Fsp3) is 0.111. The van der Waals surface area contributed by atoms with Crippen LogP contribution in [0, 0.1) is 22.7 Å². The van der Waals surface area contributed by atoms with E-state index in [0.717, 1.165) is 34.6 Å². The summed E-state index contributed by atoms with van der Waals surface area (Å²) in [6.07, 6.45) is 0. The van der Waals surface area contributed by atoms with Gasteiger partial charge in [-0.15, -0.1) is 0 Å². The second kappa shape index (κ2) is 5.15. The number of rotatable bonds is 1. The average molecular weight is 271 g/mol. The van der Waals surface area contributed by atoms with Crippen molar-refractivity contribution in [1.29, 1.82) is 10.5 Å². The highest BCUT2D eigenvalue weighted by atomic mass is 15.1. The maximum absolute atomic E-state index is 9.31. The van der Waals surface area contributed by atoms with Crippen molar-refractivity contribution < 1.29 is 0 Å². The lowest BCUT2D eigenvalue weighted by molar-refractivity contribution is 1.01. The van der Waals surface area contributed by atoms with Gasteiger partial charge >= 0.3 is 0 Å². The van der Waals surface area contributed by atoms with Gasteiger partial charge in [-0.1, -0.05) is 36.4 Å². The van der Waals surface area contributed by atoms with Crippen LogP contribution in [0.4, 0.5) is 11.4 Å². The maximum atomic E-state index is 9.31. The van der Waals surface area contributed by atoms with Gasteiger partial charge in [0, 0.05) is 34.6 Å². The van der Waals surface area contributed by atoms with Crippen LogP contribution in [-0.4, -0.2) is 6.54 Å². The van der Waals surface area contributed by atoms with Gasteiger partial charge < -0.3 is 4.90 Å². The molecule has 0 aliphatic carbocycles. The second-order valence-corrected chi connectivity index (χ2v) is 4.75. The Kier molecular flexibility index (Phi) is 3.18. The topological polar surface area (TPSA) is 50.8 Å². The summed E-state index contributed by atoms with van der Waals surface area (Å²) >= 11 is 0. The van der Waals surface area contributed by atoms with Crippen molar-refractivity contribution in [2.24, 2.45) is 0 Å². The minimum atomic E-state index is 0.158. The Morgan fingerprint density at radius 2 is 1.38 bits per heavy atom. The van der Waals surface area contributed by atoms with Gasteiger partial charge in [0.1, 0.15) is 17.7 Å². The van der Waals surface area contributed by atoms with Gasteiger partial charge in [0.05, 0.1) is 0 Å². The molecule has 0 saturated heterocycles. The van der Waals surface area contributed by atoms with Crippen LogP contribution in [0.25, 0.3) is 5.57 Å². The first kappa shape index (κ1) is 13.0. The lowest BCUT2D eigenvalue weighted by Gasteiger charge is -2.33. The highest BCUT2D eigenvalue weighted by Gasteiger charge is 2.27. The first-order valence-corrected chi connectivity index (χ1v) is 6.82. The molecule has 0 aromatic heterocycles. The molecule has 0 radical (unpaired) electrons. The lowest BCUT2D eigenvalue weighted by atomic mass is 9.87. The van der Waals surface area contributed by atoms with Crippen molar-refractivity contribution in [1.82, 2.24) is 0 Å². The summed E-state index contributed by atoms with van der Waals surface area (Å²) in [5, 5.41) is 18.6. The lowest BCUT2D eigenvalue weighted by Crippen LogP contribution is -2.22. The molecule has 100 valence electrons. The fourth-order valence-corrected chi connectivity index (χ4v) is 2.86. The Morgan fingerprint density at radius 1 is 0.905 bits per heavy atom. The summed E-state index contributed by atoms with van der Waals surface area (Å²) in [5.41, 5.74) is 4.85. The fourth-order valence-electron chi connectivity index (χ4n) is 2.86. The number of anilines is 2. The standard InChI is InChI=1S/C18H13N3/c1-2-21-16-9-5-3-7-14(16)18(13(11-19)12-20)15-8-4-6-10-17(15)21/h3-10H,2H2,1H3. The molecule has 0 amide bonds. The molecular weight excluding hydrogens is 258 g/mol. The van der Waals surface area contributed by atoms with Gasteiger partial charge in [0.15, 0.2) is 0 Å². The van der Waals surface area contributed by atoms with Crippen LogP contribution in [0.5, 0.6) is 0 Å². The first-order chi connectivity index (χ1) is 10.3. The van der Waals surface area contributed by atoms with Gasteiger partial charge in [0.2, 0.25) is 0 Å². The number of benzene rings is 2. The van der Waals surface area contributed by atoms with E-state index in [-0.39, 0.29) is 5.57 Å². The van der Waals surface area contributed by atoms with Crippen LogP contribution in [0.15, 0.2) is 54.1 Å². The van der Waals surface area contributed by atoms with Crippen LogP contribution < -0.4 is 4.90 Å². The van der Waals surface area contributed by atoms with E-state index in [1.807, 2.05) is 60.7 Å². The van der Waals surface area contributed by atoms with E-state index in [0.29, 0.717) is 0 Å². The van der Waals surface area contributed by atoms with E-state index >= 15 is 0 Å². The van der Waals surface area contributed by atoms with E-state index in [9.17, 15) is 10.5 Å². The monoisotopic (exact) mass is 271 g/mol. The summed E-state index contributed by atoms with van der Waals surface area (Å²) in [6, 6.07) is 19.9. The minimum absolute atomic E-state index is 0.158. The second-order valence-electron chi connectivity index (χ2n) is 4.75. The molecule has 0 saturated carbocycles. The molecule has 3 nitrogen and oxygen atoms in total. The molecule has 0 fully saturated rings. The van der Waals surface area contributed by atoms with Crippen molar-refractivity contribution in [3.8, 4) is 12.1 Å². The van der Waals surface area contributed by atoms with E-state index in [1.165, 1.54) is 0 Å². The highest BCUT2D eigenvalue weighted by molar-refractivity contribution is 6.00. The van der Waals surface area contributed by atoms with E-state index in [1.54, 1.807) is 0 Å². The third-order valence-corrected chi connectivity index (χ3v) is 3.72. The molecule has 3 rings (SSSR count). The van der Waals surface area contributed by atoms with Gasteiger partial charge in [-0.3, -0.25) is 0 Å². The van der Waals surface area contributed by atoms with Crippen LogP contribution in [0.3, 0.4) is 0 Å². The van der Waals surface area contributed by atoms with E-state index in [4.69, 9.17) is 0 Å². The molecule has 0 bridgehead atoms. The van der Waals surface area contributed by atoms with Crippen LogP contribution in [0.1, 0.15) is 18.1 Å². The van der Waals surface area contributed by atoms with Crippen molar-refractivity contribution in [2.45, 2.75) is 6.92 Å². The largest absolute Gasteiger partial charge is 0.341 e. The number of nitriles is 2. The number of nitrogens with zero attached hydrogens (tertiary/aromatic N) is 3. The van der Waals surface area contributed by atoms with Gasteiger partial charge in [0.25, 0.3) is 0 Å². The van der Waals surface area contributed by atoms with Crippen LogP contribution >= 0.6 is 0 Å². The Balaban J connectivity index is 2.43. The molecule has 0 spiro atoms. The molecule has 1 heterocycles.